The number of likely N-dealkylation sites (tertiary alicyclic amines) is 2. The minimum absolute atomic E-state index is 0.0696. The quantitative estimate of drug-likeness (QED) is 0.548. The zero-order valence-electron chi connectivity index (χ0n) is 22.8. The van der Waals surface area contributed by atoms with Crippen LogP contribution in [0.25, 0.3) is 0 Å². The second-order valence-electron chi connectivity index (χ2n) is 12.0. The van der Waals surface area contributed by atoms with Gasteiger partial charge in [-0.15, -0.1) is 0 Å². The number of fused-ring (bicyclic) bond motifs is 1. The number of hydrogen-bond donors (Lipinski definition) is 2. The van der Waals surface area contributed by atoms with Crippen LogP contribution in [0.4, 0.5) is 4.39 Å². The van der Waals surface area contributed by atoms with E-state index in [1.165, 1.54) is 12.1 Å². The van der Waals surface area contributed by atoms with Crippen molar-refractivity contribution in [3.8, 4) is 0 Å². The molecule has 3 saturated heterocycles. The molecule has 3 N–H and O–H groups in total. The van der Waals surface area contributed by atoms with Crippen molar-refractivity contribution < 1.29 is 23.5 Å². The molecule has 0 aliphatic carbocycles. The summed E-state index contributed by atoms with van der Waals surface area (Å²) in [4.78, 5) is 31.4. The van der Waals surface area contributed by atoms with E-state index in [1.54, 1.807) is 26.1 Å². The number of likely N-dealkylation sites (N-methyl/N-ethyl adjacent to an activating group) is 1. The number of halogens is 1. The van der Waals surface area contributed by atoms with E-state index >= 15 is 0 Å². The van der Waals surface area contributed by atoms with Crippen molar-refractivity contribution in [2.45, 2.75) is 83.3 Å². The van der Waals surface area contributed by atoms with Gasteiger partial charge in [-0.05, 0) is 56.3 Å². The minimum atomic E-state index is -1.20. The Morgan fingerprint density at radius 3 is 2.38 bits per heavy atom. The lowest BCUT2D eigenvalue weighted by Gasteiger charge is -2.44. The van der Waals surface area contributed by atoms with Gasteiger partial charge in [-0.1, -0.05) is 32.9 Å². The number of ether oxygens (including phenoxy) is 2. The van der Waals surface area contributed by atoms with Gasteiger partial charge < -0.3 is 25.4 Å². The summed E-state index contributed by atoms with van der Waals surface area (Å²) < 4.78 is 25.5. The van der Waals surface area contributed by atoms with E-state index in [0.29, 0.717) is 19.2 Å². The van der Waals surface area contributed by atoms with E-state index in [9.17, 15) is 14.0 Å². The van der Waals surface area contributed by atoms with Gasteiger partial charge in [-0.3, -0.25) is 14.5 Å². The van der Waals surface area contributed by atoms with Gasteiger partial charge in [0.1, 0.15) is 11.4 Å². The summed E-state index contributed by atoms with van der Waals surface area (Å²) in [5, 5.41) is 3.06. The van der Waals surface area contributed by atoms with E-state index < -0.39 is 22.8 Å². The number of hydrogen-bond acceptors (Lipinski definition) is 6. The fraction of sp³-hybridized carbons (Fsp3) is 0.714. The predicted molar refractivity (Wildman–Crippen MR) is 139 cm³/mol. The highest BCUT2D eigenvalue weighted by atomic mass is 19.1. The number of benzene rings is 1. The maximum Gasteiger partial charge on any atom is 0.238 e. The Labute approximate surface area is 220 Å². The molecule has 0 radical (unpaired) electrons. The van der Waals surface area contributed by atoms with Gasteiger partial charge >= 0.3 is 0 Å². The molecular weight excluding hydrogens is 475 g/mol. The Hall–Kier alpha value is -2.07. The Bertz CT molecular complexity index is 962. The van der Waals surface area contributed by atoms with Crippen LogP contribution in [0.1, 0.15) is 52.5 Å². The molecule has 3 aliphatic rings. The Morgan fingerprint density at radius 1 is 1.16 bits per heavy atom. The molecule has 37 heavy (non-hydrogen) atoms. The standard InChI is InChI=1S/C28H43FN4O4/c1-27(2,3)24(28(4,31-5)26(30)35)25(34)32-13-10-21-23(32)22(16-33(21)20-11-14-36-15-12-20)37-17-18-6-8-19(29)9-7-18/h6-9,20-24,31H,10-17H2,1-5H3,(H2,30,35)/t21-,22+,23+,24+,28?/m1/s1. The molecule has 3 fully saturated rings. The Kier molecular flexibility index (Phi) is 8.28. The van der Waals surface area contributed by atoms with Crippen LogP contribution in [0.3, 0.4) is 0 Å². The van der Waals surface area contributed by atoms with Crippen LogP contribution in [0.5, 0.6) is 0 Å². The van der Waals surface area contributed by atoms with Crippen LogP contribution < -0.4 is 11.1 Å². The fourth-order valence-electron chi connectivity index (χ4n) is 6.75. The maximum absolute atomic E-state index is 14.3. The molecule has 206 valence electrons. The number of nitrogens with zero attached hydrogens (tertiary/aromatic N) is 2. The van der Waals surface area contributed by atoms with E-state index in [4.69, 9.17) is 15.2 Å². The second-order valence-corrected chi connectivity index (χ2v) is 12.0. The first kappa shape index (κ1) is 28.0. The van der Waals surface area contributed by atoms with Crippen molar-refractivity contribution >= 4 is 11.8 Å². The zero-order chi connectivity index (χ0) is 27.0. The van der Waals surface area contributed by atoms with E-state index in [0.717, 1.165) is 44.6 Å². The van der Waals surface area contributed by atoms with Gasteiger partial charge in [-0.2, -0.15) is 0 Å². The molecule has 2 amide bonds. The maximum atomic E-state index is 14.3. The smallest absolute Gasteiger partial charge is 0.238 e. The number of carbonyl (C=O) groups is 2. The first-order chi connectivity index (χ1) is 17.5. The zero-order valence-corrected chi connectivity index (χ0v) is 22.8. The summed E-state index contributed by atoms with van der Waals surface area (Å²) in [7, 11) is 1.68. The van der Waals surface area contributed by atoms with Gasteiger partial charge in [0.25, 0.3) is 0 Å². The molecule has 5 atom stereocenters. The van der Waals surface area contributed by atoms with Gasteiger partial charge in [-0.25, -0.2) is 4.39 Å². The van der Waals surface area contributed by atoms with Crippen molar-refractivity contribution in [2.24, 2.45) is 17.1 Å². The molecular formula is C28H43FN4O4. The number of nitrogens with one attached hydrogen (secondary N) is 1. The molecule has 8 nitrogen and oxygen atoms in total. The lowest BCUT2D eigenvalue weighted by molar-refractivity contribution is -0.150. The van der Waals surface area contributed by atoms with E-state index in [1.807, 2.05) is 25.7 Å². The number of rotatable bonds is 8. The van der Waals surface area contributed by atoms with Crippen molar-refractivity contribution in [2.75, 3.05) is 33.4 Å². The monoisotopic (exact) mass is 518 g/mol. The highest BCUT2D eigenvalue weighted by molar-refractivity contribution is 5.93. The first-order valence-corrected chi connectivity index (χ1v) is 13.5. The average molecular weight is 519 g/mol. The summed E-state index contributed by atoms with van der Waals surface area (Å²) in [6.45, 7) is 10.8. The molecule has 1 unspecified atom stereocenters. The van der Waals surface area contributed by atoms with Crippen LogP contribution in [0.15, 0.2) is 24.3 Å². The predicted octanol–water partition coefficient (Wildman–Crippen LogP) is 2.30. The van der Waals surface area contributed by atoms with Crippen LogP contribution in [-0.2, 0) is 25.7 Å². The summed E-state index contributed by atoms with van der Waals surface area (Å²) in [5.41, 5.74) is 5.03. The highest BCUT2D eigenvalue weighted by Gasteiger charge is 2.57. The minimum Gasteiger partial charge on any atom is -0.381 e. The first-order valence-electron chi connectivity index (χ1n) is 13.5. The van der Waals surface area contributed by atoms with Crippen molar-refractivity contribution in [1.82, 2.24) is 15.1 Å². The summed E-state index contributed by atoms with van der Waals surface area (Å²) in [6, 6.07) is 6.78. The van der Waals surface area contributed by atoms with Crippen molar-refractivity contribution in [3.63, 3.8) is 0 Å². The molecule has 0 bridgehead atoms. The molecule has 4 rings (SSSR count). The molecule has 0 saturated carbocycles. The van der Waals surface area contributed by atoms with Gasteiger partial charge in [0.15, 0.2) is 0 Å². The van der Waals surface area contributed by atoms with Gasteiger partial charge in [0.2, 0.25) is 11.8 Å². The Morgan fingerprint density at radius 2 is 1.81 bits per heavy atom. The van der Waals surface area contributed by atoms with Crippen LogP contribution >= 0.6 is 0 Å². The van der Waals surface area contributed by atoms with Gasteiger partial charge in [0.05, 0.1) is 24.7 Å². The van der Waals surface area contributed by atoms with Gasteiger partial charge in [0, 0.05) is 38.4 Å². The van der Waals surface area contributed by atoms with Crippen LogP contribution in [0.2, 0.25) is 0 Å². The lowest BCUT2D eigenvalue weighted by Crippen LogP contribution is -2.65. The summed E-state index contributed by atoms with van der Waals surface area (Å²) in [6.07, 6.45) is 2.59. The lowest BCUT2D eigenvalue weighted by atomic mass is 9.68. The third-order valence-electron chi connectivity index (χ3n) is 8.66. The molecule has 9 heteroatoms. The third-order valence-corrected chi connectivity index (χ3v) is 8.66. The van der Waals surface area contributed by atoms with Crippen molar-refractivity contribution in [3.05, 3.63) is 35.6 Å². The SMILES string of the molecule is CNC(C)(C(N)=O)[C@@H](C(=O)N1CC[C@@H]2[C@H]1[C@@H](OCc1ccc(F)cc1)CN2C1CCOCC1)C(C)(C)C. The molecule has 3 heterocycles. The average Bonchev–Trinajstić information content (AvgIpc) is 3.44. The number of amides is 2. The normalized spacial score (nSPS) is 27.6. The summed E-state index contributed by atoms with van der Waals surface area (Å²) >= 11 is 0. The van der Waals surface area contributed by atoms with E-state index in [2.05, 4.69) is 10.2 Å². The largest absolute Gasteiger partial charge is 0.381 e. The van der Waals surface area contributed by atoms with Crippen LogP contribution in [-0.4, -0.2) is 84.7 Å². The Balaban J connectivity index is 1.62. The molecule has 0 spiro atoms. The van der Waals surface area contributed by atoms with Crippen molar-refractivity contribution in [1.29, 1.82) is 0 Å². The topological polar surface area (TPSA) is 97.1 Å². The van der Waals surface area contributed by atoms with Crippen LogP contribution in [0, 0.1) is 17.2 Å². The molecule has 1 aromatic carbocycles. The molecule has 0 aromatic heterocycles. The van der Waals surface area contributed by atoms with E-state index in [-0.39, 0.29) is 29.9 Å². The highest BCUT2D eigenvalue weighted by Crippen LogP contribution is 2.42. The molecule has 1 aromatic rings. The third kappa shape index (κ3) is 5.55. The molecule has 3 aliphatic heterocycles. The number of carbonyl (C=O) groups excluding carboxylic acids is 2. The summed E-state index contributed by atoms with van der Waals surface area (Å²) in [5.74, 6) is -1.55. The number of nitrogens with two attached hydrogens (primary N) is 1. The number of primary amides is 1. The fourth-order valence-corrected chi connectivity index (χ4v) is 6.75. The second kappa shape index (κ2) is 11.0.